The first-order valence-electron chi connectivity index (χ1n) is 24.9. The van der Waals surface area contributed by atoms with Crippen molar-refractivity contribution in [1.29, 1.82) is 5.26 Å². The summed E-state index contributed by atoms with van der Waals surface area (Å²) < 4.78 is 58.4. The molecule has 4 rings (SSSR count). The van der Waals surface area contributed by atoms with Crippen LogP contribution in [0.15, 0.2) is 36.2 Å². The Morgan fingerprint density at radius 2 is 1.69 bits per heavy atom. The van der Waals surface area contributed by atoms with E-state index in [2.05, 4.69) is 6.07 Å². The van der Waals surface area contributed by atoms with Crippen molar-refractivity contribution in [1.82, 2.24) is 14.8 Å². The molecule has 400 valence electrons. The molecule has 18 atom stereocenters. The molecule has 19 heteroatoms. The van der Waals surface area contributed by atoms with Crippen LogP contribution in [0.3, 0.4) is 0 Å². The fourth-order valence-corrected chi connectivity index (χ4v) is 10.5. The van der Waals surface area contributed by atoms with Crippen molar-refractivity contribution in [3.8, 4) is 6.07 Å². The van der Waals surface area contributed by atoms with Crippen LogP contribution >= 0.6 is 0 Å². The van der Waals surface area contributed by atoms with Gasteiger partial charge in [0.15, 0.2) is 12.6 Å². The van der Waals surface area contributed by atoms with Gasteiger partial charge in [-0.05, 0) is 105 Å². The summed E-state index contributed by atoms with van der Waals surface area (Å²) in [5, 5.41) is 58.6. The molecule has 0 unspecified atom stereocenters. The molecule has 0 saturated carbocycles. The third-order valence-corrected chi connectivity index (χ3v) is 15.0. The Hall–Kier alpha value is -3.07. The largest absolute Gasteiger partial charge is 0.459 e. The highest BCUT2D eigenvalue weighted by Crippen LogP contribution is 2.38. The molecule has 1 aromatic carbocycles. The SMILES string of the molecule is CC[C@H]1OC(=O)[C@H](C)[C@@H](O[C@H]2C[C@@](C)(OC)C[C@H](C)O2)C[C@@H](O[C@@H]2O[C@H](C)C[C@H](N(C)CC/C(N)=C/N(N)[C@H](CF)[C@H](OC)c3ccc(C#N)cc3)[C@H]2O)[C@](C)(O)C[C@@H](C)CN(C)[C@H](C)[C@@H](O)[C@]1(C)O. The maximum Gasteiger partial charge on any atom is 0.311 e. The lowest BCUT2D eigenvalue weighted by molar-refractivity contribution is -0.299. The molecular weight excluding hydrogens is 908 g/mol. The second-order valence-electron chi connectivity index (χ2n) is 21.2. The van der Waals surface area contributed by atoms with Crippen LogP contribution in [-0.2, 0) is 38.0 Å². The average molecular weight is 995 g/mol. The highest BCUT2D eigenvalue weighted by molar-refractivity contribution is 5.73. The van der Waals surface area contributed by atoms with E-state index >= 15 is 0 Å². The van der Waals surface area contributed by atoms with Gasteiger partial charge in [0.05, 0.1) is 53.2 Å². The van der Waals surface area contributed by atoms with Gasteiger partial charge in [-0.15, -0.1) is 0 Å². The molecule has 0 bridgehead atoms. The van der Waals surface area contributed by atoms with Crippen LogP contribution in [0.1, 0.15) is 124 Å². The summed E-state index contributed by atoms with van der Waals surface area (Å²) >= 11 is 0. The van der Waals surface area contributed by atoms with E-state index in [0.29, 0.717) is 55.6 Å². The van der Waals surface area contributed by atoms with Gasteiger partial charge in [-0.2, -0.15) is 5.26 Å². The molecule has 3 aliphatic rings. The lowest BCUT2D eigenvalue weighted by atomic mass is 9.83. The topological polar surface area (TPSA) is 248 Å². The first kappa shape index (κ1) is 59.5. The number of esters is 1. The summed E-state index contributed by atoms with van der Waals surface area (Å²) in [6, 6.07) is 6.72. The maximum absolute atomic E-state index is 14.6. The predicted molar refractivity (Wildman–Crippen MR) is 261 cm³/mol. The molecule has 3 aliphatic heterocycles. The number of nitriles is 1. The number of carbonyl (C=O) groups excluding carboxylic acids is 1. The molecule has 3 fully saturated rings. The summed E-state index contributed by atoms with van der Waals surface area (Å²) in [5.74, 6) is 4.49. The Kier molecular flexibility index (Phi) is 21.9. The van der Waals surface area contributed by atoms with Crippen molar-refractivity contribution >= 4 is 5.97 Å². The maximum atomic E-state index is 14.6. The zero-order valence-electron chi connectivity index (χ0n) is 44.0. The van der Waals surface area contributed by atoms with Crippen LogP contribution in [0.25, 0.3) is 0 Å². The number of aliphatic hydroxyl groups excluding tert-OH is 2. The second kappa shape index (κ2) is 25.7. The summed E-state index contributed by atoms with van der Waals surface area (Å²) in [5.41, 5.74) is 3.92. The van der Waals surface area contributed by atoms with Gasteiger partial charge < -0.3 is 74.1 Å². The molecule has 18 nitrogen and oxygen atoms in total. The lowest BCUT2D eigenvalue weighted by Crippen LogP contribution is -2.59. The van der Waals surface area contributed by atoms with Crippen molar-refractivity contribution in [2.75, 3.05) is 48.1 Å². The predicted octanol–water partition coefficient (Wildman–Crippen LogP) is 4.02. The number of nitrogens with two attached hydrogens (primary N) is 2. The summed E-state index contributed by atoms with van der Waals surface area (Å²) in [4.78, 5) is 18.2. The molecule has 0 radical (unpaired) electrons. The molecule has 0 spiro atoms. The minimum atomic E-state index is -1.82. The Labute approximate surface area is 416 Å². The number of alkyl halides is 1. The van der Waals surface area contributed by atoms with Gasteiger partial charge in [0.25, 0.3) is 0 Å². The molecule has 0 amide bonds. The number of benzene rings is 1. The first-order valence-corrected chi connectivity index (χ1v) is 24.9. The standard InChI is InChI=1S/C51H87FN6O12/c1-14-41-51(9,63)46(60)34(6)57(11)28-30(2)23-50(8,62)42(22-40(33(5)47(61)69-41)68-43-25-49(7,65-13)24-32(4)66-43)70-48-44(59)38(21-31(3)67-48)56(10)20-19-37(54)29-58(55)39(26-52)45(64-12)36-17-15-35(27-53)16-18-36/h15-18,29-34,38-46,48,59-60,62-63H,14,19-26,28,54-55H2,1-13H3/b37-29-/t30-,31-,32+,33-,34-,38+,39-,40+,41-,42-,43+,44-,45-,46-,48+,49+,50-,51-/m1/s1. The van der Waals surface area contributed by atoms with E-state index in [0.717, 1.165) is 0 Å². The number of hydrogen-bond donors (Lipinski definition) is 6. The molecule has 3 saturated heterocycles. The number of rotatable bonds is 16. The Morgan fingerprint density at radius 3 is 2.27 bits per heavy atom. The number of aliphatic hydroxyl groups is 4. The number of nitrogens with zero attached hydrogens (tertiary/aromatic N) is 4. The quantitative estimate of drug-likeness (QED) is 0.0778. The van der Waals surface area contributed by atoms with Crippen LogP contribution in [-0.4, -0.2) is 180 Å². The van der Waals surface area contributed by atoms with E-state index in [1.807, 2.05) is 51.6 Å². The molecule has 0 aromatic heterocycles. The van der Waals surface area contributed by atoms with Crippen molar-refractivity contribution in [3.05, 3.63) is 47.3 Å². The van der Waals surface area contributed by atoms with Crippen LogP contribution in [0.5, 0.6) is 0 Å². The van der Waals surface area contributed by atoms with Crippen molar-refractivity contribution in [2.24, 2.45) is 23.4 Å². The van der Waals surface area contributed by atoms with Gasteiger partial charge in [-0.1, -0.05) is 26.0 Å². The first-order chi connectivity index (χ1) is 32.7. The highest BCUT2D eigenvalue weighted by Gasteiger charge is 2.49. The monoisotopic (exact) mass is 995 g/mol. The highest BCUT2D eigenvalue weighted by atomic mass is 19.1. The Morgan fingerprint density at radius 1 is 1.03 bits per heavy atom. The number of carbonyl (C=O) groups is 1. The van der Waals surface area contributed by atoms with E-state index in [1.54, 1.807) is 59.1 Å². The lowest BCUT2D eigenvalue weighted by Gasteiger charge is -2.46. The minimum Gasteiger partial charge on any atom is -0.459 e. The summed E-state index contributed by atoms with van der Waals surface area (Å²) in [7, 11) is 6.77. The van der Waals surface area contributed by atoms with E-state index < -0.39 is 109 Å². The van der Waals surface area contributed by atoms with Crippen LogP contribution in [0.2, 0.25) is 0 Å². The average Bonchev–Trinajstić information content (AvgIpc) is 3.30. The zero-order valence-corrected chi connectivity index (χ0v) is 44.0. The summed E-state index contributed by atoms with van der Waals surface area (Å²) in [6.45, 7) is 16.0. The Bertz CT molecular complexity index is 1860. The van der Waals surface area contributed by atoms with E-state index in [-0.39, 0.29) is 31.3 Å². The van der Waals surface area contributed by atoms with Gasteiger partial charge in [-0.25, -0.2) is 10.2 Å². The van der Waals surface area contributed by atoms with Gasteiger partial charge in [-0.3, -0.25) is 4.79 Å². The third-order valence-electron chi connectivity index (χ3n) is 15.0. The number of methoxy groups -OCH3 is 2. The second-order valence-corrected chi connectivity index (χ2v) is 21.2. The molecule has 8 N–H and O–H groups in total. The van der Waals surface area contributed by atoms with Crippen LogP contribution < -0.4 is 11.6 Å². The summed E-state index contributed by atoms with van der Waals surface area (Å²) in [6.07, 6.45) is -5.68. The normalized spacial score (nSPS) is 38.8. The number of likely N-dealkylation sites (N-methyl/N-ethyl adjacent to an activating group) is 2. The number of hydrogen-bond acceptors (Lipinski definition) is 18. The van der Waals surface area contributed by atoms with E-state index in [4.69, 9.17) is 44.7 Å². The van der Waals surface area contributed by atoms with Crippen LogP contribution in [0.4, 0.5) is 4.39 Å². The third kappa shape index (κ3) is 15.2. The number of halogens is 1. The fraction of sp³-hybridized carbons (Fsp3) is 0.804. The van der Waals surface area contributed by atoms with Crippen molar-refractivity contribution in [3.63, 3.8) is 0 Å². The van der Waals surface area contributed by atoms with Gasteiger partial charge >= 0.3 is 5.97 Å². The van der Waals surface area contributed by atoms with Gasteiger partial charge in [0, 0.05) is 77.0 Å². The number of ether oxygens (including phenoxy) is 7. The van der Waals surface area contributed by atoms with Crippen LogP contribution in [0, 0.1) is 23.2 Å². The number of hydrazine groups is 1. The zero-order chi connectivity index (χ0) is 52.5. The van der Waals surface area contributed by atoms with Gasteiger partial charge in [0.1, 0.15) is 42.7 Å². The van der Waals surface area contributed by atoms with E-state index in [1.165, 1.54) is 25.2 Å². The smallest absolute Gasteiger partial charge is 0.311 e. The molecule has 0 aliphatic carbocycles. The van der Waals surface area contributed by atoms with Gasteiger partial charge in [0.2, 0.25) is 0 Å². The minimum absolute atomic E-state index is 0.0661. The number of cyclic esters (lactones) is 1. The van der Waals surface area contributed by atoms with Crippen molar-refractivity contribution in [2.45, 2.75) is 204 Å². The van der Waals surface area contributed by atoms with E-state index in [9.17, 15) is 34.9 Å². The van der Waals surface area contributed by atoms with Crippen molar-refractivity contribution < 1.29 is 62.8 Å². The Balaban J connectivity index is 1.64. The fourth-order valence-electron chi connectivity index (χ4n) is 10.5. The molecule has 3 heterocycles. The molecule has 1 aromatic rings. The molecule has 70 heavy (non-hydrogen) atoms. The molecular formula is C51H87FN6O12.